The van der Waals surface area contributed by atoms with E-state index < -0.39 is 5.60 Å². The zero-order valence-corrected chi connectivity index (χ0v) is 14.0. The van der Waals surface area contributed by atoms with Gasteiger partial charge in [-0.2, -0.15) is 5.10 Å². The lowest BCUT2D eigenvalue weighted by Gasteiger charge is -2.38. The van der Waals surface area contributed by atoms with E-state index >= 15 is 0 Å². The molecule has 0 radical (unpaired) electrons. The number of aliphatic hydroxyl groups is 1. The van der Waals surface area contributed by atoms with Gasteiger partial charge in [-0.3, -0.25) is 4.68 Å². The van der Waals surface area contributed by atoms with Gasteiger partial charge in [0.05, 0.1) is 11.3 Å². The number of likely N-dealkylation sites (tertiary alicyclic amines) is 1. The number of hydrogen-bond donors (Lipinski definition) is 1. The molecule has 1 atom stereocenters. The van der Waals surface area contributed by atoms with Crippen LogP contribution in [0.5, 0.6) is 0 Å². The Bertz CT molecular complexity index is 433. The number of rotatable bonds is 6. The SMILES string of the molecule is CCC(C)n1ccc(CC2(O)CCN(CC(C)C)CC2)n1. The molecule has 0 saturated carbocycles. The first-order chi connectivity index (χ1) is 9.92. The highest BCUT2D eigenvalue weighted by Gasteiger charge is 2.33. The van der Waals surface area contributed by atoms with Crippen molar-refractivity contribution >= 4 is 0 Å². The van der Waals surface area contributed by atoms with Crippen molar-refractivity contribution in [3.8, 4) is 0 Å². The van der Waals surface area contributed by atoms with Crippen LogP contribution in [0.1, 0.15) is 58.7 Å². The molecule has 1 saturated heterocycles. The predicted octanol–water partition coefficient (Wildman–Crippen LogP) is 2.88. The minimum absolute atomic E-state index is 0.432. The maximum absolute atomic E-state index is 10.8. The minimum Gasteiger partial charge on any atom is -0.389 e. The van der Waals surface area contributed by atoms with Crippen molar-refractivity contribution in [2.45, 2.75) is 65.0 Å². The number of piperidine rings is 1. The molecule has 1 aliphatic heterocycles. The number of aromatic nitrogens is 2. The Hall–Kier alpha value is -0.870. The molecule has 4 heteroatoms. The molecule has 0 aromatic carbocycles. The summed E-state index contributed by atoms with van der Waals surface area (Å²) < 4.78 is 2.02. The largest absolute Gasteiger partial charge is 0.389 e. The molecule has 1 fully saturated rings. The minimum atomic E-state index is -0.567. The van der Waals surface area contributed by atoms with Crippen molar-refractivity contribution < 1.29 is 5.11 Å². The molecule has 1 aliphatic rings. The summed E-state index contributed by atoms with van der Waals surface area (Å²) in [6, 6.07) is 2.49. The van der Waals surface area contributed by atoms with Crippen LogP contribution in [0.4, 0.5) is 0 Å². The summed E-state index contributed by atoms with van der Waals surface area (Å²) in [6.45, 7) is 12.0. The van der Waals surface area contributed by atoms with E-state index in [-0.39, 0.29) is 0 Å². The highest BCUT2D eigenvalue weighted by atomic mass is 16.3. The van der Waals surface area contributed by atoms with Gasteiger partial charge in [0, 0.05) is 38.3 Å². The van der Waals surface area contributed by atoms with Crippen LogP contribution in [0.15, 0.2) is 12.3 Å². The van der Waals surface area contributed by atoms with E-state index in [0.29, 0.717) is 18.4 Å². The van der Waals surface area contributed by atoms with Crippen LogP contribution < -0.4 is 0 Å². The molecule has 1 unspecified atom stereocenters. The van der Waals surface area contributed by atoms with E-state index in [1.54, 1.807) is 0 Å². The lowest BCUT2D eigenvalue weighted by Crippen LogP contribution is -2.46. The van der Waals surface area contributed by atoms with Gasteiger partial charge in [0.1, 0.15) is 0 Å². The molecule has 2 rings (SSSR count). The molecule has 21 heavy (non-hydrogen) atoms. The first kappa shape index (κ1) is 16.5. The molecule has 0 bridgehead atoms. The van der Waals surface area contributed by atoms with Gasteiger partial charge in [0.15, 0.2) is 0 Å². The fourth-order valence-corrected chi connectivity index (χ4v) is 3.09. The van der Waals surface area contributed by atoms with E-state index in [1.807, 2.05) is 10.9 Å². The Morgan fingerprint density at radius 1 is 1.29 bits per heavy atom. The lowest BCUT2D eigenvalue weighted by atomic mass is 9.87. The Kier molecular flexibility index (Phi) is 5.44. The smallest absolute Gasteiger partial charge is 0.0728 e. The van der Waals surface area contributed by atoms with Crippen LogP contribution in [0.2, 0.25) is 0 Å². The average Bonchev–Trinajstić information content (AvgIpc) is 2.88. The van der Waals surface area contributed by atoms with Gasteiger partial charge < -0.3 is 10.0 Å². The molecular weight excluding hydrogens is 262 g/mol. The third-order valence-electron chi connectivity index (χ3n) is 4.63. The summed E-state index contributed by atoms with van der Waals surface area (Å²) in [4.78, 5) is 2.47. The van der Waals surface area contributed by atoms with Gasteiger partial charge in [-0.25, -0.2) is 0 Å². The third kappa shape index (κ3) is 4.55. The summed E-state index contributed by atoms with van der Waals surface area (Å²) in [7, 11) is 0. The highest BCUT2D eigenvalue weighted by Crippen LogP contribution is 2.26. The maximum Gasteiger partial charge on any atom is 0.0728 e. The number of nitrogens with zero attached hydrogens (tertiary/aromatic N) is 3. The van der Waals surface area contributed by atoms with Crippen molar-refractivity contribution in [3.05, 3.63) is 18.0 Å². The van der Waals surface area contributed by atoms with E-state index in [0.717, 1.165) is 44.6 Å². The molecule has 0 aliphatic carbocycles. The molecule has 4 nitrogen and oxygen atoms in total. The van der Waals surface area contributed by atoms with Crippen LogP contribution in [0.25, 0.3) is 0 Å². The van der Waals surface area contributed by atoms with Gasteiger partial charge in [0.25, 0.3) is 0 Å². The normalized spacial score (nSPS) is 20.9. The van der Waals surface area contributed by atoms with Crippen molar-refractivity contribution in [3.63, 3.8) is 0 Å². The molecule has 0 amide bonds. The van der Waals surface area contributed by atoms with Crippen LogP contribution >= 0.6 is 0 Å². The van der Waals surface area contributed by atoms with Crippen molar-refractivity contribution in [2.24, 2.45) is 5.92 Å². The van der Waals surface area contributed by atoms with E-state index in [1.165, 1.54) is 0 Å². The molecule has 2 heterocycles. The summed E-state index contributed by atoms with van der Waals surface area (Å²) in [5.74, 6) is 0.697. The summed E-state index contributed by atoms with van der Waals surface area (Å²) >= 11 is 0. The average molecular weight is 293 g/mol. The topological polar surface area (TPSA) is 41.3 Å². The molecular formula is C17H31N3O. The Morgan fingerprint density at radius 3 is 2.52 bits per heavy atom. The van der Waals surface area contributed by atoms with Crippen molar-refractivity contribution in [1.29, 1.82) is 0 Å². The molecule has 1 aromatic rings. The summed E-state index contributed by atoms with van der Waals surface area (Å²) in [5, 5.41) is 15.4. The first-order valence-electron chi connectivity index (χ1n) is 8.40. The van der Waals surface area contributed by atoms with Crippen LogP contribution in [0.3, 0.4) is 0 Å². The molecule has 120 valence electrons. The zero-order valence-electron chi connectivity index (χ0n) is 14.0. The third-order valence-corrected chi connectivity index (χ3v) is 4.63. The van der Waals surface area contributed by atoms with E-state index in [9.17, 15) is 5.11 Å². The van der Waals surface area contributed by atoms with E-state index in [4.69, 9.17) is 0 Å². The van der Waals surface area contributed by atoms with Crippen molar-refractivity contribution in [2.75, 3.05) is 19.6 Å². The zero-order chi connectivity index (χ0) is 15.5. The standard InChI is InChI=1S/C17H31N3O/c1-5-15(4)20-9-6-16(18-20)12-17(21)7-10-19(11-8-17)13-14(2)3/h6,9,14-15,21H,5,7-8,10-13H2,1-4H3. The quantitative estimate of drug-likeness (QED) is 0.877. The lowest BCUT2D eigenvalue weighted by molar-refractivity contribution is -0.0234. The summed E-state index contributed by atoms with van der Waals surface area (Å²) in [5.41, 5.74) is 0.456. The fourth-order valence-electron chi connectivity index (χ4n) is 3.09. The monoisotopic (exact) mass is 293 g/mol. The fraction of sp³-hybridized carbons (Fsp3) is 0.824. The second-order valence-corrected chi connectivity index (χ2v) is 7.14. The van der Waals surface area contributed by atoms with Crippen LogP contribution in [-0.2, 0) is 6.42 Å². The molecule has 1 aromatic heterocycles. The summed E-state index contributed by atoms with van der Waals surface area (Å²) in [6.07, 6.45) is 5.52. The second kappa shape index (κ2) is 6.93. The van der Waals surface area contributed by atoms with Gasteiger partial charge in [-0.05, 0) is 38.2 Å². The Labute approximate surface area is 129 Å². The van der Waals surface area contributed by atoms with Crippen LogP contribution in [-0.4, -0.2) is 45.0 Å². The highest BCUT2D eigenvalue weighted by molar-refractivity contribution is 5.05. The predicted molar refractivity (Wildman–Crippen MR) is 86.4 cm³/mol. The molecule has 1 N–H and O–H groups in total. The van der Waals surface area contributed by atoms with E-state index in [2.05, 4.69) is 43.8 Å². The Balaban J connectivity index is 1.89. The van der Waals surface area contributed by atoms with Crippen molar-refractivity contribution in [1.82, 2.24) is 14.7 Å². The van der Waals surface area contributed by atoms with Gasteiger partial charge in [0.2, 0.25) is 0 Å². The Morgan fingerprint density at radius 2 is 1.95 bits per heavy atom. The van der Waals surface area contributed by atoms with Gasteiger partial charge in [-0.1, -0.05) is 20.8 Å². The molecule has 0 spiro atoms. The van der Waals surface area contributed by atoms with Gasteiger partial charge >= 0.3 is 0 Å². The second-order valence-electron chi connectivity index (χ2n) is 7.14. The first-order valence-corrected chi connectivity index (χ1v) is 8.40. The number of hydrogen-bond acceptors (Lipinski definition) is 3. The maximum atomic E-state index is 10.8. The van der Waals surface area contributed by atoms with Gasteiger partial charge in [-0.15, -0.1) is 0 Å². The van der Waals surface area contributed by atoms with Crippen LogP contribution in [0, 0.1) is 5.92 Å².